The van der Waals surface area contributed by atoms with Crippen LogP contribution in [0.4, 0.5) is 10.2 Å². The van der Waals surface area contributed by atoms with Gasteiger partial charge in [-0.05, 0) is 52.9 Å². The minimum Gasteiger partial charge on any atom is -0.306 e. The molecular weight excluding hydrogens is 369 g/mol. The summed E-state index contributed by atoms with van der Waals surface area (Å²) < 4.78 is 13.6. The molecule has 1 amide bonds. The summed E-state index contributed by atoms with van der Waals surface area (Å²) >= 11 is 7.86. The van der Waals surface area contributed by atoms with Crippen molar-refractivity contribution >= 4 is 45.9 Å². The molecule has 92 valence electrons. The van der Waals surface area contributed by atoms with Gasteiger partial charge in [0.1, 0.15) is 5.82 Å². The second kappa shape index (κ2) is 5.62. The Kier molecular flexibility index (Phi) is 4.13. The SMILES string of the molecule is O=C(Nc1cccc(F)n1)c1cc(Cl)ccc1I. The van der Waals surface area contributed by atoms with Gasteiger partial charge in [0.2, 0.25) is 5.95 Å². The number of carbonyl (C=O) groups is 1. The van der Waals surface area contributed by atoms with Crippen LogP contribution in [0.5, 0.6) is 0 Å². The summed E-state index contributed by atoms with van der Waals surface area (Å²) in [6.45, 7) is 0. The van der Waals surface area contributed by atoms with Gasteiger partial charge in [-0.25, -0.2) is 4.98 Å². The lowest BCUT2D eigenvalue weighted by Crippen LogP contribution is -2.14. The number of carbonyl (C=O) groups excluding carboxylic acids is 1. The quantitative estimate of drug-likeness (QED) is 0.641. The highest BCUT2D eigenvalue weighted by Crippen LogP contribution is 2.19. The smallest absolute Gasteiger partial charge is 0.257 e. The number of pyridine rings is 1. The van der Waals surface area contributed by atoms with Gasteiger partial charge in [0.05, 0.1) is 5.56 Å². The number of rotatable bonds is 2. The normalized spacial score (nSPS) is 10.2. The number of hydrogen-bond acceptors (Lipinski definition) is 2. The van der Waals surface area contributed by atoms with Crippen molar-refractivity contribution in [1.29, 1.82) is 0 Å². The van der Waals surface area contributed by atoms with Crippen LogP contribution in [0, 0.1) is 9.52 Å². The Hall–Kier alpha value is -1.21. The lowest BCUT2D eigenvalue weighted by Gasteiger charge is -2.06. The fraction of sp³-hybridized carbons (Fsp3) is 0. The van der Waals surface area contributed by atoms with E-state index in [1.807, 2.05) is 22.6 Å². The zero-order chi connectivity index (χ0) is 13.1. The Morgan fingerprint density at radius 2 is 2.11 bits per heavy atom. The van der Waals surface area contributed by atoms with E-state index in [2.05, 4.69) is 10.3 Å². The second-order valence-electron chi connectivity index (χ2n) is 3.42. The van der Waals surface area contributed by atoms with Crippen molar-refractivity contribution in [2.45, 2.75) is 0 Å². The zero-order valence-electron chi connectivity index (χ0n) is 8.95. The molecule has 0 saturated heterocycles. The van der Waals surface area contributed by atoms with Crippen molar-refractivity contribution < 1.29 is 9.18 Å². The predicted molar refractivity (Wildman–Crippen MR) is 76.3 cm³/mol. The topological polar surface area (TPSA) is 42.0 Å². The average Bonchev–Trinajstić information content (AvgIpc) is 2.32. The number of benzene rings is 1. The molecule has 0 aliphatic carbocycles. The number of aromatic nitrogens is 1. The second-order valence-corrected chi connectivity index (χ2v) is 5.02. The highest BCUT2D eigenvalue weighted by molar-refractivity contribution is 14.1. The summed E-state index contributed by atoms with van der Waals surface area (Å²) in [6, 6.07) is 9.17. The molecule has 18 heavy (non-hydrogen) atoms. The molecule has 1 N–H and O–H groups in total. The number of halogens is 3. The molecule has 0 bridgehead atoms. The molecule has 0 radical (unpaired) electrons. The van der Waals surface area contributed by atoms with Crippen molar-refractivity contribution in [3.05, 3.63) is 56.5 Å². The summed E-state index contributed by atoms with van der Waals surface area (Å²) in [6.07, 6.45) is 0. The Morgan fingerprint density at radius 1 is 1.33 bits per heavy atom. The average molecular weight is 377 g/mol. The maximum Gasteiger partial charge on any atom is 0.257 e. The summed E-state index contributed by atoms with van der Waals surface area (Å²) in [7, 11) is 0. The van der Waals surface area contributed by atoms with Crippen molar-refractivity contribution in [2.75, 3.05) is 5.32 Å². The van der Waals surface area contributed by atoms with E-state index in [1.165, 1.54) is 18.2 Å². The van der Waals surface area contributed by atoms with Crippen molar-refractivity contribution in [1.82, 2.24) is 4.98 Å². The molecule has 0 aliphatic heterocycles. The van der Waals surface area contributed by atoms with Crippen molar-refractivity contribution in [3.8, 4) is 0 Å². The van der Waals surface area contributed by atoms with Gasteiger partial charge < -0.3 is 5.32 Å². The van der Waals surface area contributed by atoms with Crippen LogP contribution in [-0.2, 0) is 0 Å². The standard InChI is InChI=1S/C12H7ClFIN2O/c13-7-4-5-9(15)8(6-7)12(18)17-11-3-1-2-10(14)16-11/h1-6H,(H,16,17,18). The van der Waals surface area contributed by atoms with E-state index >= 15 is 0 Å². The predicted octanol–water partition coefficient (Wildman–Crippen LogP) is 3.73. The van der Waals surface area contributed by atoms with E-state index in [0.29, 0.717) is 10.6 Å². The molecule has 2 aromatic rings. The number of nitrogens with one attached hydrogen (secondary N) is 1. The van der Waals surface area contributed by atoms with Crippen LogP contribution in [0.2, 0.25) is 5.02 Å². The first-order valence-electron chi connectivity index (χ1n) is 4.95. The first kappa shape index (κ1) is 13.2. The zero-order valence-corrected chi connectivity index (χ0v) is 11.9. The third-order valence-electron chi connectivity index (χ3n) is 2.13. The van der Waals surface area contributed by atoms with Crippen LogP contribution in [-0.4, -0.2) is 10.9 Å². The molecule has 0 aliphatic rings. The van der Waals surface area contributed by atoms with Gasteiger partial charge in [-0.3, -0.25) is 4.79 Å². The molecule has 1 aromatic heterocycles. The maximum atomic E-state index is 12.9. The number of nitrogens with zero attached hydrogens (tertiary/aromatic N) is 1. The minimum atomic E-state index is -0.645. The monoisotopic (exact) mass is 376 g/mol. The Balaban J connectivity index is 2.24. The molecular formula is C12H7ClFIN2O. The minimum absolute atomic E-state index is 0.163. The molecule has 1 aromatic carbocycles. The fourth-order valence-corrected chi connectivity index (χ4v) is 2.09. The number of amides is 1. The van der Waals surface area contributed by atoms with Gasteiger partial charge in [-0.15, -0.1) is 0 Å². The van der Waals surface area contributed by atoms with E-state index in [-0.39, 0.29) is 11.7 Å². The van der Waals surface area contributed by atoms with Crippen LogP contribution in [0.1, 0.15) is 10.4 Å². The fourth-order valence-electron chi connectivity index (χ4n) is 1.33. The molecule has 1 heterocycles. The van der Waals surface area contributed by atoms with Gasteiger partial charge in [0.25, 0.3) is 5.91 Å². The van der Waals surface area contributed by atoms with Crippen LogP contribution >= 0.6 is 34.2 Å². The first-order valence-corrected chi connectivity index (χ1v) is 6.41. The van der Waals surface area contributed by atoms with Gasteiger partial charge in [-0.2, -0.15) is 4.39 Å². The maximum absolute atomic E-state index is 12.9. The largest absolute Gasteiger partial charge is 0.306 e. The molecule has 0 atom stereocenters. The molecule has 0 spiro atoms. The molecule has 0 unspecified atom stereocenters. The third-order valence-corrected chi connectivity index (χ3v) is 3.31. The highest BCUT2D eigenvalue weighted by Gasteiger charge is 2.11. The van der Waals surface area contributed by atoms with E-state index in [4.69, 9.17) is 11.6 Å². The van der Waals surface area contributed by atoms with Gasteiger partial charge in [-0.1, -0.05) is 17.7 Å². The van der Waals surface area contributed by atoms with Crippen molar-refractivity contribution in [3.63, 3.8) is 0 Å². The van der Waals surface area contributed by atoms with Crippen LogP contribution in [0.3, 0.4) is 0 Å². The van der Waals surface area contributed by atoms with E-state index in [1.54, 1.807) is 18.2 Å². The summed E-state index contributed by atoms with van der Waals surface area (Å²) in [4.78, 5) is 15.5. The lowest BCUT2D eigenvalue weighted by molar-refractivity contribution is 0.102. The first-order chi connectivity index (χ1) is 8.56. The van der Waals surface area contributed by atoms with Gasteiger partial charge in [0.15, 0.2) is 0 Å². The summed E-state index contributed by atoms with van der Waals surface area (Å²) in [5.74, 6) is -0.857. The summed E-state index contributed by atoms with van der Waals surface area (Å²) in [5.41, 5.74) is 0.425. The summed E-state index contributed by atoms with van der Waals surface area (Å²) in [5, 5.41) is 2.98. The molecule has 3 nitrogen and oxygen atoms in total. The Labute approximate surface area is 122 Å². The van der Waals surface area contributed by atoms with Gasteiger partial charge in [0, 0.05) is 8.59 Å². The molecule has 0 fully saturated rings. The Bertz CT molecular complexity index is 606. The van der Waals surface area contributed by atoms with E-state index < -0.39 is 5.95 Å². The molecule has 6 heteroatoms. The van der Waals surface area contributed by atoms with E-state index in [0.717, 1.165) is 3.57 Å². The molecule has 0 saturated carbocycles. The lowest BCUT2D eigenvalue weighted by atomic mass is 10.2. The van der Waals surface area contributed by atoms with Crippen LogP contribution in [0.15, 0.2) is 36.4 Å². The number of hydrogen-bond donors (Lipinski definition) is 1. The highest BCUT2D eigenvalue weighted by atomic mass is 127. The third kappa shape index (κ3) is 3.17. The van der Waals surface area contributed by atoms with Gasteiger partial charge >= 0.3 is 0 Å². The Morgan fingerprint density at radius 3 is 2.83 bits per heavy atom. The van der Waals surface area contributed by atoms with Crippen molar-refractivity contribution in [2.24, 2.45) is 0 Å². The molecule has 2 rings (SSSR count). The van der Waals surface area contributed by atoms with Crippen LogP contribution < -0.4 is 5.32 Å². The van der Waals surface area contributed by atoms with Crippen LogP contribution in [0.25, 0.3) is 0 Å². The number of anilines is 1. The van der Waals surface area contributed by atoms with E-state index in [9.17, 15) is 9.18 Å².